The lowest BCUT2D eigenvalue weighted by molar-refractivity contribution is 0.142. The molecule has 0 amide bonds. The van der Waals surface area contributed by atoms with Crippen molar-refractivity contribution in [3.05, 3.63) is 70.5 Å². The quantitative estimate of drug-likeness (QED) is 0.895. The molecule has 0 fully saturated rings. The van der Waals surface area contributed by atoms with Gasteiger partial charge >= 0.3 is 0 Å². The molecule has 2 nitrogen and oxygen atoms in total. The van der Waals surface area contributed by atoms with Gasteiger partial charge in [-0.1, -0.05) is 48.0 Å². The number of aliphatic hydroxyl groups excluding tert-OH is 1. The standard InChI is InChI=1S/C14H13ClFNO/c15-10-7-4-8-11(16)12(10)14(18)13(17)9-5-2-1-3-6-9/h1-8,13-14,18H,17H2. The smallest absolute Gasteiger partial charge is 0.130 e. The summed E-state index contributed by atoms with van der Waals surface area (Å²) in [6, 6.07) is 12.6. The van der Waals surface area contributed by atoms with Gasteiger partial charge in [0.1, 0.15) is 11.9 Å². The van der Waals surface area contributed by atoms with Crippen molar-refractivity contribution >= 4 is 11.6 Å². The number of hydrogen-bond donors (Lipinski definition) is 2. The number of aliphatic hydroxyl groups is 1. The lowest BCUT2D eigenvalue weighted by atomic mass is 9.96. The van der Waals surface area contributed by atoms with Crippen LogP contribution in [0.1, 0.15) is 23.3 Å². The van der Waals surface area contributed by atoms with Gasteiger partial charge in [-0.3, -0.25) is 0 Å². The number of benzene rings is 2. The molecular formula is C14H13ClFNO. The molecule has 2 atom stereocenters. The van der Waals surface area contributed by atoms with E-state index in [1.54, 1.807) is 12.1 Å². The first-order chi connectivity index (χ1) is 8.61. The first kappa shape index (κ1) is 13.0. The first-order valence-electron chi connectivity index (χ1n) is 5.53. The van der Waals surface area contributed by atoms with Crippen molar-refractivity contribution in [2.24, 2.45) is 5.73 Å². The zero-order chi connectivity index (χ0) is 13.1. The summed E-state index contributed by atoms with van der Waals surface area (Å²) in [4.78, 5) is 0. The van der Waals surface area contributed by atoms with Crippen molar-refractivity contribution in [1.82, 2.24) is 0 Å². The van der Waals surface area contributed by atoms with Gasteiger partial charge in [-0.05, 0) is 17.7 Å². The number of rotatable bonds is 3. The predicted octanol–water partition coefficient (Wildman–Crippen LogP) is 3.21. The molecule has 2 aromatic carbocycles. The fourth-order valence-electron chi connectivity index (χ4n) is 1.83. The Morgan fingerprint density at radius 1 is 1.06 bits per heavy atom. The van der Waals surface area contributed by atoms with Crippen molar-refractivity contribution in [3.8, 4) is 0 Å². The molecule has 0 bridgehead atoms. The zero-order valence-electron chi connectivity index (χ0n) is 9.55. The summed E-state index contributed by atoms with van der Waals surface area (Å²) < 4.78 is 13.7. The second-order valence-corrected chi connectivity index (χ2v) is 4.42. The molecule has 0 saturated heterocycles. The van der Waals surface area contributed by atoms with Crippen molar-refractivity contribution in [1.29, 1.82) is 0 Å². The highest BCUT2D eigenvalue weighted by atomic mass is 35.5. The fourth-order valence-corrected chi connectivity index (χ4v) is 2.11. The molecular weight excluding hydrogens is 253 g/mol. The van der Waals surface area contributed by atoms with Crippen LogP contribution in [0.5, 0.6) is 0 Å². The normalized spacial score (nSPS) is 14.2. The molecule has 0 heterocycles. The first-order valence-corrected chi connectivity index (χ1v) is 5.91. The van der Waals surface area contributed by atoms with Crippen LogP contribution in [0, 0.1) is 5.82 Å². The minimum atomic E-state index is -1.18. The zero-order valence-corrected chi connectivity index (χ0v) is 10.3. The maximum absolute atomic E-state index is 13.7. The van der Waals surface area contributed by atoms with E-state index in [1.165, 1.54) is 18.2 Å². The Kier molecular flexibility index (Phi) is 3.97. The van der Waals surface area contributed by atoms with Crippen LogP contribution in [0.2, 0.25) is 5.02 Å². The Labute approximate surface area is 110 Å². The molecule has 0 radical (unpaired) electrons. The van der Waals surface area contributed by atoms with Crippen LogP contribution in [0.3, 0.4) is 0 Å². The molecule has 0 saturated carbocycles. The molecule has 0 aliphatic carbocycles. The van der Waals surface area contributed by atoms with E-state index in [2.05, 4.69) is 0 Å². The molecule has 3 N–H and O–H groups in total. The van der Waals surface area contributed by atoms with E-state index >= 15 is 0 Å². The molecule has 94 valence electrons. The summed E-state index contributed by atoms with van der Waals surface area (Å²) >= 11 is 5.90. The molecule has 2 unspecified atom stereocenters. The maximum atomic E-state index is 13.7. The summed E-state index contributed by atoms with van der Waals surface area (Å²) in [5, 5.41) is 10.3. The van der Waals surface area contributed by atoms with Gasteiger partial charge in [-0.2, -0.15) is 0 Å². The fraction of sp³-hybridized carbons (Fsp3) is 0.143. The maximum Gasteiger partial charge on any atom is 0.130 e. The van der Waals surface area contributed by atoms with Gasteiger partial charge in [0.05, 0.1) is 6.04 Å². The van der Waals surface area contributed by atoms with Crippen LogP contribution in [-0.4, -0.2) is 5.11 Å². The van der Waals surface area contributed by atoms with Gasteiger partial charge in [0.15, 0.2) is 0 Å². The Morgan fingerprint density at radius 2 is 1.72 bits per heavy atom. The van der Waals surface area contributed by atoms with Gasteiger partial charge in [-0.15, -0.1) is 0 Å². The SMILES string of the molecule is NC(c1ccccc1)C(O)c1c(F)cccc1Cl. The Hall–Kier alpha value is -1.42. The van der Waals surface area contributed by atoms with E-state index < -0.39 is 18.0 Å². The molecule has 0 spiro atoms. The molecule has 18 heavy (non-hydrogen) atoms. The average Bonchev–Trinajstić information content (AvgIpc) is 2.38. The lowest BCUT2D eigenvalue weighted by Crippen LogP contribution is -2.20. The molecule has 0 aliphatic rings. The van der Waals surface area contributed by atoms with Crippen LogP contribution >= 0.6 is 11.6 Å². The number of halogens is 2. The average molecular weight is 266 g/mol. The lowest BCUT2D eigenvalue weighted by Gasteiger charge is -2.21. The molecule has 4 heteroatoms. The summed E-state index contributed by atoms with van der Waals surface area (Å²) in [7, 11) is 0. The van der Waals surface area contributed by atoms with Gasteiger partial charge in [0.25, 0.3) is 0 Å². The third-order valence-electron chi connectivity index (χ3n) is 2.82. The highest BCUT2D eigenvalue weighted by molar-refractivity contribution is 6.31. The van der Waals surface area contributed by atoms with Crippen LogP contribution in [-0.2, 0) is 0 Å². The van der Waals surface area contributed by atoms with Crippen LogP contribution in [0.25, 0.3) is 0 Å². The minimum Gasteiger partial charge on any atom is -0.386 e. The van der Waals surface area contributed by atoms with Crippen LogP contribution < -0.4 is 5.73 Å². The summed E-state index contributed by atoms with van der Waals surface area (Å²) in [6.07, 6.45) is -1.18. The van der Waals surface area contributed by atoms with Gasteiger partial charge < -0.3 is 10.8 Å². The Bertz CT molecular complexity index is 512. The van der Waals surface area contributed by atoms with E-state index in [9.17, 15) is 9.50 Å². The van der Waals surface area contributed by atoms with Crippen molar-refractivity contribution in [2.45, 2.75) is 12.1 Å². The highest BCUT2D eigenvalue weighted by Crippen LogP contribution is 2.32. The summed E-state index contributed by atoms with van der Waals surface area (Å²) in [6.45, 7) is 0. The van der Waals surface area contributed by atoms with E-state index in [-0.39, 0.29) is 10.6 Å². The van der Waals surface area contributed by atoms with Crippen LogP contribution in [0.15, 0.2) is 48.5 Å². The van der Waals surface area contributed by atoms with Gasteiger partial charge in [0, 0.05) is 10.6 Å². The minimum absolute atomic E-state index is 0.0375. The summed E-state index contributed by atoms with van der Waals surface area (Å²) in [5.41, 5.74) is 6.70. The largest absolute Gasteiger partial charge is 0.386 e. The summed E-state index contributed by atoms with van der Waals surface area (Å²) in [5.74, 6) is -0.554. The van der Waals surface area contributed by atoms with E-state index in [4.69, 9.17) is 17.3 Å². The monoisotopic (exact) mass is 265 g/mol. The van der Waals surface area contributed by atoms with Crippen LogP contribution in [0.4, 0.5) is 4.39 Å². The van der Waals surface area contributed by atoms with Crippen molar-refractivity contribution in [3.63, 3.8) is 0 Å². The topological polar surface area (TPSA) is 46.2 Å². The van der Waals surface area contributed by atoms with E-state index in [0.717, 1.165) is 5.56 Å². The predicted molar refractivity (Wildman–Crippen MR) is 69.7 cm³/mol. The number of nitrogens with two attached hydrogens (primary N) is 1. The molecule has 0 aromatic heterocycles. The third kappa shape index (κ3) is 2.53. The second-order valence-electron chi connectivity index (χ2n) is 4.02. The van der Waals surface area contributed by atoms with E-state index in [1.807, 2.05) is 18.2 Å². The van der Waals surface area contributed by atoms with Crippen molar-refractivity contribution in [2.75, 3.05) is 0 Å². The molecule has 2 aromatic rings. The highest BCUT2D eigenvalue weighted by Gasteiger charge is 2.23. The molecule has 0 aliphatic heterocycles. The Morgan fingerprint density at radius 3 is 2.33 bits per heavy atom. The van der Waals surface area contributed by atoms with Gasteiger partial charge in [-0.25, -0.2) is 4.39 Å². The second kappa shape index (κ2) is 5.48. The third-order valence-corrected chi connectivity index (χ3v) is 3.15. The number of hydrogen-bond acceptors (Lipinski definition) is 2. The molecule has 2 rings (SSSR count). The van der Waals surface area contributed by atoms with Gasteiger partial charge in [0.2, 0.25) is 0 Å². The Balaban J connectivity index is 2.34. The van der Waals surface area contributed by atoms with Crippen molar-refractivity contribution < 1.29 is 9.50 Å². The van der Waals surface area contributed by atoms with E-state index in [0.29, 0.717) is 0 Å².